The molecule has 0 amide bonds. The first-order valence-corrected chi connectivity index (χ1v) is 8.12. The zero-order valence-electron chi connectivity index (χ0n) is 13.0. The van der Waals surface area contributed by atoms with Crippen LogP contribution in [0.2, 0.25) is 0 Å². The van der Waals surface area contributed by atoms with Gasteiger partial charge in [-0.05, 0) is 24.8 Å². The van der Waals surface area contributed by atoms with Gasteiger partial charge in [0.1, 0.15) is 12.7 Å². The van der Waals surface area contributed by atoms with Crippen LogP contribution in [0.5, 0.6) is 0 Å². The second-order valence-electron chi connectivity index (χ2n) is 4.20. The molecule has 23 heavy (non-hydrogen) atoms. The molecule has 0 aliphatic heterocycles. The molecule has 1 aromatic rings. The van der Waals surface area contributed by atoms with Crippen molar-refractivity contribution in [3.05, 3.63) is 40.4 Å². The predicted octanol–water partition coefficient (Wildman–Crippen LogP) is 1.99. The maximum Gasteiger partial charge on any atom is 0.351 e. The van der Waals surface area contributed by atoms with Crippen molar-refractivity contribution in [3.8, 4) is 6.07 Å². The van der Waals surface area contributed by atoms with Crippen LogP contribution in [0.3, 0.4) is 0 Å². The van der Waals surface area contributed by atoms with Crippen LogP contribution in [0, 0.1) is 17.3 Å². The number of nitriles is 1. The van der Waals surface area contributed by atoms with Crippen LogP contribution in [0.4, 0.5) is 4.39 Å². The number of aromatic nitrogens is 1. The molecular formula is C15H18FN3O3S. The number of hydrogen-bond acceptors (Lipinski definition) is 7. The number of nitrogens with zero attached hydrogens (tertiary/aromatic N) is 2. The van der Waals surface area contributed by atoms with E-state index in [1.54, 1.807) is 12.3 Å². The van der Waals surface area contributed by atoms with Crippen LogP contribution in [0.1, 0.15) is 12.5 Å². The van der Waals surface area contributed by atoms with E-state index in [-0.39, 0.29) is 18.8 Å². The van der Waals surface area contributed by atoms with Gasteiger partial charge < -0.3 is 14.8 Å². The van der Waals surface area contributed by atoms with Gasteiger partial charge >= 0.3 is 5.97 Å². The van der Waals surface area contributed by atoms with Gasteiger partial charge in [-0.15, -0.1) is 11.8 Å². The first-order valence-electron chi connectivity index (χ1n) is 6.89. The molecule has 0 spiro atoms. The van der Waals surface area contributed by atoms with Gasteiger partial charge in [-0.3, -0.25) is 0 Å². The van der Waals surface area contributed by atoms with E-state index in [1.165, 1.54) is 24.0 Å². The summed E-state index contributed by atoms with van der Waals surface area (Å²) in [6.07, 6.45) is 3.11. The van der Waals surface area contributed by atoms with Crippen LogP contribution in [0.25, 0.3) is 0 Å². The average Bonchev–Trinajstić information content (AvgIpc) is 2.56. The summed E-state index contributed by atoms with van der Waals surface area (Å²) in [4.78, 5) is 15.5. The van der Waals surface area contributed by atoms with Crippen LogP contribution >= 0.6 is 11.8 Å². The Balaban J connectivity index is 2.68. The molecule has 1 rings (SSSR count). The normalized spacial score (nSPS) is 11.4. The maximum absolute atomic E-state index is 12.8. The number of hydrogen-bond donors (Lipinski definition) is 1. The van der Waals surface area contributed by atoms with Gasteiger partial charge in [0, 0.05) is 19.3 Å². The smallest absolute Gasteiger partial charge is 0.351 e. The van der Waals surface area contributed by atoms with E-state index < -0.39 is 11.9 Å². The number of esters is 1. The lowest BCUT2D eigenvalue weighted by Gasteiger charge is -2.11. The van der Waals surface area contributed by atoms with E-state index in [0.717, 1.165) is 5.56 Å². The lowest BCUT2D eigenvalue weighted by atomic mass is 10.3. The zero-order chi connectivity index (χ0) is 17.1. The molecule has 0 atom stereocenters. The Hall–Kier alpha value is -2.11. The zero-order valence-corrected chi connectivity index (χ0v) is 13.8. The molecule has 124 valence electrons. The summed E-state index contributed by atoms with van der Waals surface area (Å²) in [5, 5.41) is 12.5. The summed E-state index contributed by atoms with van der Waals surface area (Å²) in [5.74, 6) is -1.27. The summed E-state index contributed by atoms with van der Waals surface area (Å²) in [6.45, 7) is 3.04. The van der Waals surface area contributed by atoms with Crippen molar-refractivity contribution < 1.29 is 18.7 Å². The summed E-state index contributed by atoms with van der Waals surface area (Å²) in [7, 11) is 0. The number of pyridine rings is 1. The third-order valence-corrected chi connectivity index (χ3v) is 3.41. The summed E-state index contributed by atoms with van der Waals surface area (Å²) >= 11 is 1.22. The van der Waals surface area contributed by atoms with Crippen molar-refractivity contribution >= 4 is 17.7 Å². The molecule has 1 N–H and O–H groups in total. The lowest BCUT2D eigenvalue weighted by Crippen LogP contribution is -2.19. The third-order valence-electron chi connectivity index (χ3n) is 2.65. The highest BCUT2D eigenvalue weighted by atomic mass is 32.2. The van der Waals surface area contributed by atoms with Crippen LogP contribution in [0.15, 0.2) is 28.9 Å². The van der Waals surface area contributed by atoms with E-state index in [2.05, 4.69) is 10.3 Å². The van der Waals surface area contributed by atoms with E-state index >= 15 is 0 Å². The quantitative estimate of drug-likeness (QED) is 0.242. The van der Waals surface area contributed by atoms with Gasteiger partial charge in [-0.1, -0.05) is 6.07 Å². The maximum atomic E-state index is 12.8. The molecule has 8 heteroatoms. The van der Waals surface area contributed by atoms with Gasteiger partial charge in [0.05, 0.1) is 11.6 Å². The van der Waals surface area contributed by atoms with Gasteiger partial charge in [-0.2, -0.15) is 9.65 Å². The Bertz CT molecular complexity index is 585. The molecule has 6 nitrogen and oxygen atoms in total. The van der Waals surface area contributed by atoms with E-state index in [9.17, 15) is 14.4 Å². The minimum absolute atomic E-state index is 0.0847. The van der Waals surface area contributed by atoms with E-state index in [1.807, 2.05) is 13.0 Å². The number of carbonyl (C=O) groups is 1. The summed E-state index contributed by atoms with van der Waals surface area (Å²) in [6, 6.07) is 4.66. The number of thioether (sulfide) groups is 1. The topological polar surface area (TPSA) is 84.2 Å². The van der Waals surface area contributed by atoms with Gasteiger partial charge in [-0.25, -0.2) is 9.78 Å². The van der Waals surface area contributed by atoms with Gasteiger partial charge in [0.15, 0.2) is 5.57 Å². The van der Waals surface area contributed by atoms with E-state index in [0.29, 0.717) is 18.2 Å². The summed E-state index contributed by atoms with van der Waals surface area (Å²) in [5.41, 5.74) is 0.615. The van der Waals surface area contributed by atoms with Gasteiger partial charge in [0.2, 0.25) is 5.95 Å². The highest BCUT2D eigenvalue weighted by Crippen LogP contribution is 2.16. The monoisotopic (exact) mass is 339 g/mol. The summed E-state index contributed by atoms with van der Waals surface area (Å²) < 4.78 is 22.8. The van der Waals surface area contributed by atoms with Crippen molar-refractivity contribution in [2.24, 2.45) is 0 Å². The second-order valence-corrected chi connectivity index (χ2v) is 5.01. The number of halogens is 1. The molecule has 0 radical (unpaired) electrons. The standard InChI is InChI=1S/C15H18FN3O3S/c1-3-21-6-7-22-15(20)12(8-17)14(23-2)19-10-11-4-5-13(16)18-9-11/h4-5,9,19H,3,6-7,10H2,1-2H3/b14-12+. The van der Waals surface area contributed by atoms with Crippen molar-refractivity contribution in [1.82, 2.24) is 10.3 Å². The van der Waals surface area contributed by atoms with Crippen LogP contribution < -0.4 is 5.32 Å². The van der Waals surface area contributed by atoms with Crippen molar-refractivity contribution in [2.45, 2.75) is 13.5 Å². The molecule has 0 bridgehead atoms. The highest BCUT2D eigenvalue weighted by Gasteiger charge is 2.16. The third kappa shape index (κ3) is 6.67. The molecule has 0 saturated heterocycles. The fourth-order valence-corrected chi connectivity index (χ4v) is 2.10. The fourth-order valence-electron chi connectivity index (χ4n) is 1.55. The van der Waals surface area contributed by atoms with Crippen molar-refractivity contribution in [2.75, 3.05) is 26.1 Å². The number of ether oxygens (including phenoxy) is 2. The Morgan fingerprint density at radius 2 is 2.26 bits per heavy atom. The van der Waals surface area contributed by atoms with Gasteiger partial charge in [0.25, 0.3) is 0 Å². The fraction of sp³-hybridized carbons (Fsp3) is 0.400. The first-order chi connectivity index (χ1) is 11.1. The van der Waals surface area contributed by atoms with Crippen molar-refractivity contribution in [1.29, 1.82) is 5.26 Å². The molecule has 0 aliphatic rings. The van der Waals surface area contributed by atoms with Crippen LogP contribution in [-0.4, -0.2) is 37.0 Å². The number of rotatable bonds is 9. The largest absolute Gasteiger partial charge is 0.459 e. The van der Waals surface area contributed by atoms with Crippen molar-refractivity contribution in [3.63, 3.8) is 0 Å². The van der Waals surface area contributed by atoms with E-state index in [4.69, 9.17) is 9.47 Å². The Kier molecular flexibility index (Phi) is 8.72. The predicted molar refractivity (Wildman–Crippen MR) is 84.6 cm³/mol. The molecule has 1 heterocycles. The minimum Gasteiger partial charge on any atom is -0.459 e. The number of carbonyl (C=O) groups excluding carboxylic acids is 1. The molecule has 0 aromatic carbocycles. The highest BCUT2D eigenvalue weighted by molar-refractivity contribution is 8.02. The minimum atomic E-state index is -0.707. The molecular weight excluding hydrogens is 321 g/mol. The average molecular weight is 339 g/mol. The first kappa shape index (κ1) is 18.9. The molecule has 0 saturated carbocycles. The lowest BCUT2D eigenvalue weighted by molar-refractivity contribution is -0.140. The second kappa shape index (κ2) is 10.6. The molecule has 0 aliphatic carbocycles. The molecule has 0 unspecified atom stereocenters. The molecule has 1 aromatic heterocycles. The Morgan fingerprint density at radius 1 is 1.48 bits per heavy atom. The SMILES string of the molecule is CCOCCOC(=O)/C(C#N)=C(\NCc1ccc(F)nc1)SC. The van der Waals surface area contributed by atoms with Crippen LogP contribution in [-0.2, 0) is 20.8 Å². The Morgan fingerprint density at radius 3 is 2.83 bits per heavy atom. The molecule has 0 fully saturated rings. The Labute approximate surface area is 138 Å². The number of nitrogens with one attached hydrogen (secondary N) is 1.